The number of aromatic nitrogens is 5. The molecule has 5 heterocycles. The Kier molecular flexibility index (Phi) is 8.67. The number of ether oxygens (including phenoxy) is 3. The van der Waals surface area contributed by atoms with E-state index in [9.17, 15) is 4.79 Å². The molecule has 0 spiro atoms. The third-order valence-corrected chi connectivity index (χ3v) is 9.29. The lowest BCUT2D eigenvalue weighted by atomic mass is 9.93. The molecule has 11 heteroatoms. The van der Waals surface area contributed by atoms with Gasteiger partial charge in [0, 0.05) is 36.7 Å². The minimum Gasteiger partial charge on any atom is -0.473 e. The zero-order valence-corrected chi connectivity index (χ0v) is 28.2. The number of benzene rings is 2. The van der Waals surface area contributed by atoms with Crippen LogP contribution in [0.4, 0.5) is 0 Å². The molecule has 2 aromatic carbocycles. The Morgan fingerprint density at radius 2 is 1.83 bits per heavy atom. The predicted molar refractivity (Wildman–Crippen MR) is 181 cm³/mol. The molecular formula is C36H41ClN6O4. The largest absolute Gasteiger partial charge is 0.473 e. The van der Waals surface area contributed by atoms with Crippen molar-refractivity contribution < 1.29 is 19.0 Å². The first-order chi connectivity index (χ1) is 22.6. The second kappa shape index (κ2) is 12.9. The van der Waals surface area contributed by atoms with E-state index in [1.165, 1.54) is 0 Å². The molecule has 2 fully saturated rings. The molecule has 5 aromatic rings. The summed E-state index contributed by atoms with van der Waals surface area (Å²) in [6.45, 7) is 10.2. The molecule has 2 aliphatic rings. The number of nitrogens with zero attached hydrogens (tertiary/aromatic N) is 6. The number of hydrogen-bond donors (Lipinski definition) is 0. The van der Waals surface area contributed by atoms with Gasteiger partial charge in [0.25, 0.3) is 0 Å². The molecule has 0 amide bonds. The maximum atomic E-state index is 12.8. The lowest BCUT2D eigenvalue weighted by Gasteiger charge is -2.32. The lowest BCUT2D eigenvalue weighted by Crippen LogP contribution is -2.35. The first-order valence-corrected chi connectivity index (χ1v) is 16.7. The van der Waals surface area contributed by atoms with E-state index in [4.69, 9.17) is 35.8 Å². The first-order valence-electron chi connectivity index (χ1n) is 16.4. The number of carbonyl (C=O) groups excluding carboxylic acids is 1. The van der Waals surface area contributed by atoms with E-state index < -0.39 is 5.60 Å². The number of hydrogen-bond acceptors (Lipinski definition) is 8. The van der Waals surface area contributed by atoms with Gasteiger partial charge >= 0.3 is 5.97 Å². The zero-order valence-electron chi connectivity index (χ0n) is 27.4. The molecule has 47 heavy (non-hydrogen) atoms. The summed E-state index contributed by atoms with van der Waals surface area (Å²) >= 11 is 6.22. The van der Waals surface area contributed by atoms with Crippen molar-refractivity contribution in [3.8, 4) is 5.88 Å². The fourth-order valence-electron chi connectivity index (χ4n) is 6.42. The second-order valence-electron chi connectivity index (χ2n) is 13.6. The number of likely N-dealkylation sites (tertiary alicyclic amines) is 1. The summed E-state index contributed by atoms with van der Waals surface area (Å²) in [4.78, 5) is 25.2. The van der Waals surface area contributed by atoms with Gasteiger partial charge < -0.3 is 18.8 Å². The van der Waals surface area contributed by atoms with Crippen LogP contribution in [0.3, 0.4) is 0 Å². The van der Waals surface area contributed by atoms with E-state index >= 15 is 0 Å². The SMILES string of the molecule is Cn1nc(Cl)c2ccc(COc3cccc(C4CCN(Cc5nc6ccc(C(=O)OC(C)(C)C)cc6n5C[C@@H]5CCO5)CC4)n3)cc21. The fourth-order valence-corrected chi connectivity index (χ4v) is 6.70. The van der Waals surface area contributed by atoms with Crippen LogP contribution in [0.5, 0.6) is 5.88 Å². The Bertz CT molecular complexity index is 1920. The van der Waals surface area contributed by atoms with Crippen LogP contribution >= 0.6 is 11.6 Å². The molecule has 7 rings (SSSR count). The van der Waals surface area contributed by atoms with Gasteiger partial charge in [-0.2, -0.15) is 5.10 Å². The lowest BCUT2D eigenvalue weighted by molar-refractivity contribution is -0.0592. The van der Waals surface area contributed by atoms with Crippen molar-refractivity contribution in [2.45, 2.75) is 77.4 Å². The van der Waals surface area contributed by atoms with Gasteiger partial charge in [0.1, 0.15) is 18.0 Å². The van der Waals surface area contributed by atoms with Crippen molar-refractivity contribution in [3.63, 3.8) is 0 Å². The summed E-state index contributed by atoms with van der Waals surface area (Å²) in [7, 11) is 1.89. The van der Waals surface area contributed by atoms with Crippen molar-refractivity contribution in [1.82, 2.24) is 29.2 Å². The molecule has 0 N–H and O–H groups in total. The van der Waals surface area contributed by atoms with Crippen LogP contribution < -0.4 is 4.74 Å². The quantitative estimate of drug-likeness (QED) is 0.162. The highest BCUT2D eigenvalue weighted by Crippen LogP contribution is 2.30. The van der Waals surface area contributed by atoms with Crippen LogP contribution in [-0.2, 0) is 36.2 Å². The molecule has 2 saturated heterocycles. The zero-order chi connectivity index (χ0) is 32.7. The van der Waals surface area contributed by atoms with E-state index in [0.29, 0.717) is 29.1 Å². The van der Waals surface area contributed by atoms with E-state index in [1.807, 2.05) is 70.3 Å². The molecule has 0 saturated carbocycles. The summed E-state index contributed by atoms with van der Waals surface area (Å²) in [6, 6.07) is 17.8. The number of imidazole rings is 1. The topological polar surface area (TPSA) is 96.5 Å². The van der Waals surface area contributed by atoms with Crippen LogP contribution in [0.25, 0.3) is 21.9 Å². The molecule has 246 valence electrons. The Labute approximate surface area is 279 Å². The number of rotatable bonds is 9. The maximum Gasteiger partial charge on any atom is 0.338 e. The summed E-state index contributed by atoms with van der Waals surface area (Å²) in [5.74, 6) is 1.66. The molecule has 0 bridgehead atoms. The summed E-state index contributed by atoms with van der Waals surface area (Å²) in [6.07, 6.45) is 3.20. The van der Waals surface area contributed by atoms with Gasteiger partial charge in [-0.15, -0.1) is 0 Å². The highest BCUT2D eigenvalue weighted by Gasteiger charge is 2.27. The van der Waals surface area contributed by atoms with Crippen LogP contribution in [0, 0.1) is 0 Å². The highest BCUT2D eigenvalue weighted by atomic mass is 35.5. The van der Waals surface area contributed by atoms with E-state index in [1.54, 1.807) is 4.68 Å². The van der Waals surface area contributed by atoms with Gasteiger partial charge in [-0.05, 0) is 95.1 Å². The van der Waals surface area contributed by atoms with E-state index in [-0.39, 0.29) is 12.1 Å². The van der Waals surface area contributed by atoms with Gasteiger partial charge in [-0.25, -0.2) is 14.8 Å². The Morgan fingerprint density at radius 1 is 1.02 bits per heavy atom. The van der Waals surface area contributed by atoms with Gasteiger partial charge in [-0.3, -0.25) is 9.58 Å². The van der Waals surface area contributed by atoms with Crippen LogP contribution in [0.1, 0.15) is 73.4 Å². The van der Waals surface area contributed by atoms with Crippen LogP contribution in [0.2, 0.25) is 5.15 Å². The fraction of sp³-hybridized carbons (Fsp3) is 0.444. The minimum atomic E-state index is -0.557. The predicted octanol–water partition coefficient (Wildman–Crippen LogP) is 6.67. The molecule has 1 atom stereocenters. The average Bonchev–Trinajstić information content (AvgIpc) is 3.51. The van der Waals surface area contributed by atoms with Gasteiger partial charge in [-0.1, -0.05) is 23.7 Å². The second-order valence-corrected chi connectivity index (χ2v) is 14.0. The van der Waals surface area contributed by atoms with E-state index in [2.05, 4.69) is 26.7 Å². The Hall–Kier alpha value is -3.99. The highest BCUT2D eigenvalue weighted by molar-refractivity contribution is 6.34. The monoisotopic (exact) mass is 656 g/mol. The first kappa shape index (κ1) is 31.6. The van der Waals surface area contributed by atoms with Gasteiger partial charge in [0.05, 0.1) is 41.3 Å². The van der Waals surface area contributed by atoms with E-state index in [0.717, 1.165) is 91.1 Å². The normalized spacial score (nSPS) is 17.7. The summed E-state index contributed by atoms with van der Waals surface area (Å²) in [5.41, 5.74) is 4.88. The molecule has 0 aliphatic carbocycles. The maximum absolute atomic E-state index is 12.8. The summed E-state index contributed by atoms with van der Waals surface area (Å²) in [5, 5.41) is 5.73. The molecule has 3 aromatic heterocycles. The van der Waals surface area contributed by atoms with Crippen molar-refractivity contribution in [2.75, 3.05) is 19.7 Å². The molecule has 0 radical (unpaired) electrons. The molecule has 10 nitrogen and oxygen atoms in total. The number of aryl methyl sites for hydroxylation is 1. The standard InChI is InChI=1S/C36H41ClN6O4/c1-36(2,3)47-35(44)25-9-11-29-31(19-25)43(20-26-14-17-45-26)32(38-29)21-42-15-12-24(13-16-42)28-6-5-7-33(39-28)46-22-23-8-10-27-30(18-23)41(4)40-34(27)37/h5-11,18-19,24,26H,12-17,20-22H2,1-4H3/t26-/m0/s1. The number of piperidine rings is 1. The number of halogens is 1. The Morgan fingerprint density at radius 3 is 2.57 bits per heavy atom. The van der Waals surface area contributed by atoms with Gasteiger partial charge in [0.2, 0.25) is 5.88 Å². The number of fused-ring (bicyclic) bond motifs is 2. The Balaban J connectivity index is 1.00. The average molecular weight is 657 g/mol. The smallest absolute Gasteiger partial charge is 0.338 e. The summed E-state index contributed by atoms with van der Waals surface area (Å²) < 4.78 is 21.6. The minimum absolute atomic E-state index is 0.166. The molecule has 2 aliphatic heterocycles. The molecule has 0 unspecified atom stereocenters. The number of pyridine rings is 1. The third-order valence-electron chi connectivity index (χ3n) is 9.01. The molecular weight excluding hydrogens is 616 g/mol. The van der Waals surface area contributed by atoms with Crippen molar-refractivity contribution in [1.29, 1.82) is 0 Å². The number of esters is 1. The van der Waals surface area contributed by atoms with Gasteiger partial charge in [0.15, 0.2) is 5.15 Å². The van der Waals surface area contributed by atoms with Crippen LogP contribution in [0.15, 0.2) is 54.6 Å². The van der Waals surface area contributed by atoms with Crippen molar-refractivity contribution >= 4 is 39.5 Å². The van der Waals surface area contributed by atoms with Crippen LogP contribution in [-0.4, -0.2) is 66.6 Å². The number of carbonyl (C=O) groups is 1. The third kappa shape index (κ3) is 7.00. The van der Waals surface area contributed by atoms with Crippen molar-refractivity contribution in [3.05, 3.63) is 82.4 Å². The van der Waals surface area contributed by atoms with Crippen molar-refractivity contribution in [2.24, 2.45) is 7.05 Å².